The van der Waals surface area contributed by atoms with Crippen LogP contribution in [0, 0.1) is 0 Å². The molecule has 0 radical (unpaired) electrons. The maximum absolute atomic E-state index is 13.3. The summed E-state index contributed by atoms with van der Waals surface area (Å²) in [6.45, 7) is 3.63. The van der Waals surface area contributed by atoms with Gasteiger partial charge in [0.05, 0.1) is 23.6 Å². The van der Waals surface area contributed by atoms with Crippen molar-refractivity contribution in [3.05, 3.63) is 96.4 Å². The van der Waals surface area contributed by atoms with Crippen molar-refractivity contribution in [3.63, 3.8) is 0 Å². The summed E-state index contributed by atoms with van der Waals surface area (Å²) in [5, 5.41) is 4.50. The summed E-state index contributed by atoms with van der Waals surface area (Å²) in [7, 11) is 0. The number of rotatable bonds is 3. The Hall–Kier alpha value is -3.60. The maximum atomic E-state index is 13.3. The molecule has 3 heterocycles. The molecule has 0 bridgehead atoms. The normalized spacial score (nSPS) is 15.9. The molecule has 5 rings (SSSR count). The molecular weight excluding hydrogens is 360 g/mol. The van der Waals surface area contributed by atoms with E-state index in [0.29, 0.717) is 12.1 Å². The van der Waals surface area contributed by atoms with Gasteiger partial charge < -0.3 is 9.47 Å². The summed E-state index contributed by atoms with van der Waals surface area (Å²) in [6.07, 6.45) is 3.87. The van der Waals surface area contributed by atoms with E-state index in [1.54, 1.807) is 6.20 Å². The zero-order valence-corrected chi connectivity index (χ0v) is 16.3. The van der Waals surface area contributed by atoms with Gasteiger partial charge in [-0.15, -0.1) is 0 Å². The number of nitrogens with zero attached hydrogens (tertiary/aromatic N) is 4. The average molecular weight is 382 g/mol. The molecule has 0 aliphatic carbocycles. The van der Waals surface area contributed by atoms with Gasteiger partial charge in [-0.1, -0.05) is 36.4 Å². The van der Waals surface area contributed by atoms with Gasteiger partial charge in [-0.25, -0.2) is 4.68 Å². The van der Waals surface area contributed by atoms with Gasteiger partial charge in [-0.2, -0.15) is 5.10 Å². The largest absolute Gasteiger partial charge is 0.348 e. The standard InChI is InChI=1S/C24H22N4O/c1-18-22-11-6-14-26(22)15-16-27(18)24(29)20-9-5-10-21(17-20)28-23(12-13-25-28)19-7-3-2-4-8-19/h2-14,17-18H,15-16H2,1H3. The van der Waals surface area contributed by atoms with Crippen LogP contribution in [0.2, 0.25) is 0 Å². The van der Waals surface area contributed by atoms with Crippen molar-refractivity contribution in [2.24, 2.45) is 0 Å². The molecule has 0 fully saturated rings. The number of carbonyl (C=O) groups is 1. The molecule has 0 spiro atoms. The second kappa shape index (κ2) is 7.09. The number of hydrogen-bond acceptors (Lipinski definition) is 2. The zero-order valence-electron chi connectivity index (χ0n) is 16.3. The van der Waals surface area contributed by atoms with E-state index in [4.69, 9.17) is 0 Å². The summed E-state index contributed by atoms with van der Waals surface area (Å²) in [6, 6.07) is 24.1. The van der Waals surface area contributed by atoms with Crippen LogP contribution in [0.15, 0.2) is 85.2 Å². The van der Waals surface area contributed by atoms with Crippen molar-refractivity contribution in [3.8, 4) is 16.9 Å². The van der Waals surface area contributed by atoms with Gasteiger partial charge >= 0.3 is 0 Å². The molecule has 144 valence electrons. The fraction of sp³-hybridized carbons (Fsp3) is 0.167. The number of carbonyl (C=O) groups excluding carboxylic acids is 1. The van der Waals surface area contributed by atoms with E-state index in [1.807, 2.05) is 64.2 Å². The second-order valence-electron chi connectivity index (χ2n) is 7.35. The molecule has 0 N–H and O–H groups in total. The predicted molar refractivity (Wildman–Crippen MR) is 113 cm³/mol. The Labute approximate surface area is 169 Å². The first-order valence-corrected chi connectivity index (χ1v) is 9.88. The minimum atomic E-state index is 0.0551. The van der Waals surface area contributed by atoms with Gasteiger partial charge in [0.25, 0.3) is 5.91 Å². The van der Waals surface area contributed by atoms with E-state index < -0.39 is 0 Å². The topological polar surface area (TPSA) is 43.1 Å². The molecule has 2 aromatic carbocycles. The fourth-order valence-electron chi connectivity index (χ4n) is 4.13. The van der Waals surface area contributed by atoms with Crippen LogP contribution in [0.25, 0.3) is 16.9 Å². The van der Waals surface area contributed by atoms with Crippen molar-refractivity contribution >= 4 is 5.91 Å². The summed E-state index contributed by atoms with van der Waals surface area (Å²) in [5.41, 5.74) is 4.84. The fourth-order valence-corrected chi connectivity index (χ4v) is 4.13. The van der Waals surface area contributed by atoms with Crippen LogP contribution in [0.5, 0.6) is 0 Å². The summed E-state index contributed by atoms with van der Waals surface area (Å²) in [4.78, 5) is 15.3. The van der Waals surface area contributed by atoms with E-state index in [9.17, 15) is 4.79 Å². The molecule has 2 aromatic heterocycles. The van der Waals surface area contributed by atoms with E-state index in [0.717, 1.165) is 23.5 Å². The lowest BCUT2D eigenvalue weighted by molar-refractivity contribution is 0.0644. The van der Waals surface area contributed by atoms with Crippen LogP contribution < -0.4 is 0 Å². The van der Waals surface area contributed by atoms with Gasteiger partial charge in [-0.3, -0.25) is 4.79 Å². The van der Waals surface area contributed by atoms with Crippen LogP contribution in [0.3, 0.4) is 0 Å². The third-order valence-corrected chi connectivity index (χ3v) is 5.65. The Morgan fingerprint density at radius 1 is 0.966 bits per heavy atom. The number of benzene rings is 2. The molecule has 4 aromatic rings. The van der Waals surface area contributed by atoms with Crippen molar-refractivity contribution in [2.45, 2.75) is 19.5 Å². The Kier molecular flexibility index (Phi) is 4.28. The Bertz CT molecular complexity index is 1160. The molecule has 1 aliphatic rings. The molecule has 1 amide bonds. The quantitative estimate of drug-likeness (QED) is 0.521. The van der Waals surface area contributed by atoms with E-state index in [-0.39, 0.29) is 11.9 Å². The van der Waals surface area contributed by atoms with Crippen molar-refractivity contribution < 1.29 is 4.79 Å². The van der Waals surface area contributed by atoms with E-state index in [1.165, 1.54) is 5.69 Å². The van der Waals surface area contributed by atoms with Gasteiger partial charge in [0.2, 0.25) is 0 Å². The predicted octanol–water partition coefficient (Wildman–Crippen LogP) is 4.56. The smallest absolute Gasteiger partial charge is 0.254 e. The third kappa shape index (κ3) is 3.05. The molecular formula is C24H22N4O. The first-order chi connectivity index (χ1) is 14.2. The van der Waals surface area contributed by atoms with Crippen molar-refractivity contribution in [1.29, 1.82) is 0 Å². The number of aromatic nitrogens is 3. The molecule has 1 unspecified atom stereocenters. The number of fused-ring (bicyclic) bond motifs is 1. The van der Waals surface area contributed by atoms with Crippen molar-refractivity contribution in [2.75, 3.05) is 6.54 Å². The lowest BCUT2D eigenvalue weighted by Crippen LogP contribution is -2.40. The van der Waals surface area contributed by atoms with Gasteiger partial charge in [-0.05, 0) is 43.3 Å². The molecule has 1 atom stereocenters. The molecule has 5 heteroatoms. The van der Waals surface area contributed by atoms with Gasteiger partial charge in [0.15, 0.2) is 0 Å². The zero-order chi connectivity index (χ0) is 19.8. The van der Waals surface area contributed by atoms with Crippen LogP contribution in [-0.4, -0.2) is 31.7 Å². The van der Waals surface area contributed by atoms with Crippen LogP contribution in [-0.2, 0) is 6.54 Å². The minimum absolute atomic E-state index is 0.0551. The maximum Gasteiger partial charge on any atom is 0.254 e. The summed E-state index contributed by atoms with van der Waals surface area (Å²) < 4.78 is 4.11. The first kappa shape index (κ1) is 17.5. The molecule has 0 saturated carbocycles. The highest BCUT2D eigenvalue weighted by Crippen LogP contribution is 2.28. The van der Waals surface area contributed by atoms with Crippen LogP contribution in [0.1, 0.15) is 29.0 Å². The lowest BCUT2D eigenvalue weighted by Gasteiger charge is -2.35. The molecule has 0 saturated heterocycles. The highest BCUT2D eigenvalue weighted by atomic mass is 16.2. The first-order valence-electron chi connectivity index (χ1n) is 9.88. The average Bonchev–Trinajstić information content (AvgIpc) is 3.44. The summed E-state index contributed by atoms with van der Waals surface area (Å²) in [5.74, 6) is 0.0558. The van der Waals surface area contributed by atoms with Gasteiger partial charge in [0.1, 0.15) is 0 Å². The summed E-state index contributed by atoms with van der Waals surface area (Å²) >= 11 is 0. The van der Waals surface area contributed by atoms with E-state index in [2.05, 4.69) is 41.0 Å². The highest BCUT2D eigenvalue weighted by Gasteiger charge is 2.28. The Morgan fingerprint density at radius 2 is 1.83 bits per heavy atom. The molecule has 29 heavy (non-hydrogen) atoms. The monoisotopic (exact) mass is 382 g/mol. The minimum Gasteiger partial charge on any atom is -0.348 e. The van der Waals surface area contributed by atoms with Gasteiger partial charge in [0, 0.05) is 36.1 Å². The van der Waals surface area contributed by atoms with Crippen LogP contribution >= 0.6 is 0 Å². The van der Waals surface area contributed by atoms with E-state index >= 15 is 0 Å². The number of hydrogen-bond donors (Lipinski definition) is 0. The molecule has 1 aliphatic heterocycles. The number of amides is 1. The SMILES string of the molecule is CC1c2cccn2CCN1C(=O)c1cccc(-n2nccc2-c2ccccc2)c1. The lowest BCUT2D eigenvalue weighted by atomic mass is 10.1. The Morgan fingerprint density at radius 3 is 2.69 bits per heavy atom. The Balaban J connectivity index is 1.47. The second-order valence-corrected chi connectivity index (χ2v) is 7.35. The highest BCUT2D eigenvalue weighted by molar-refractivity contribution is 5.95. The van der Waals surface area contributed by atoms with Crippen LogP contribution in [0.4, 0.5) is 0 Å². The van der Waals surface area contributed by atoms with Crippen molar-refractivity contribution in [1.82, 2.24) is 19.2 Å². The third-order valence-electron chi connectivity index (χ3n) is 5.65. The molecule has 5 nitrogen and oxygen atoms in total.